The van der Waals surface area contributed by atoms with E-state index in [2.05, 4.69) is 9.59 Å². The Balaban J connectivity index is 2.32. The number of rotatable bonds is 3. The lowest BCUT2D eigenvalue weighted by Gasteiger charge is -2.18. The molecule has 0 unspecified atom stereocenters. The molecule has 19 heavy (non-hydrogen) atoms. The second kappa shape index (κ2) is 5.02. The van der Waals surface area contributed by atoms with Crippen LogP contribution in [0.4, 0.5) is 11.4 Å². The predicted molar refractivity (Wildman–Crippen MR) is 70.5 cm³/mol. The fourth-order valence-corrected chi connectivity index (χ4v) is 1.96. The number of benzene rings is 1. The van der Waals surface area contributed by atoms with Crippen LogP contribution in [0.25, 0.3) is 0 Å². The molecule has 7 nitrogen and oxygen atoms in total. The van der Waals surface area contributed by atoms with Crippen LogP contribution >= 0.6 is 11.5 Å². The van der Waals surface area contributed by atoms with Crippen LogP contribution < -0.4 is 10.6 Å². The summed E-state index contributed by atoms with van der Waals surface area (Å²) >= 11 is 1.07. The van der Waals surface area contributed by atoms with Gasteiger partial charge in [-0.1, -0.05) is 4.49 Å². The van der Waals surface area contributed by atoms with Gasteiger partial charge in [0.25, 0.3) is 5.91 Å². The van der Waals surface area contributed by atoms with Crippen LogP contribution in [0.3, 0.4) is 0 Å². The van der Waals surface area contributed by atoms with Gasteiger partial charge in [0.15, 0.2) is 5.69 Å². The van der Waals surface area contributed by atoms with E-state index in [1.165, 1.54) is 35.5 Å². The Bertz CT molecular complexity index is 627. The van der Waals surface area contributed by atoms with E-state index >= 15 is 0 Å². The number of carboxylic acids is 1. The lowest BCUT2D eigenvalue weighted by Crippen LogP contribution is -2.27. The number of nitrogens with zero attached hydrogens (tertiary/aromatic N) is 3. The van der Waals surface area contributed by atoms with E-state index in [4.69, 9.17) is 10.8 Å². The summed E-state index contributed by atoms with van der Waals surface area (Å²) in [5.74, 6) is -1.43. The van der Waals surface area contributed by atoms with E-state index in [0.717, 1.165) is 11.5 Å². The van der Waals surface area contributed by atoms with Crippen molar-refractivity contribution in [2.24, 2.45) is 0 Å². The molecule has 98 valence electrons. The summed E-state index contributed by atoms with van der Waals surface area (Å²) in [7, 11) is 1.54. The molecule has 1 aromatic heterocycles. The van der Waals surface area contributed by atoms with Gasteiger partial charge in [-0.2, -0.15) is 0 Å². The smallest absolute Gasteiger partial charge is 0.335 e. The second-order valence-corrected chi connectivity index (χ2v) is 4.34. The average molecular weight is 278 g/mol. The molecular weight excluding hydrogens is 268 g/mol. The number of amides is 1. The van der Waals surface area contributed by atoms with Crippen LogP contribution in [-0.2, 0) is 0 Å². The molecule has 0 fully saturated rings. The Morgan fingerprint density at radius 1 is 1.42 bits per heavy atom. The van der Waals surface area contributed by atoms with E-state index < -0.39 is 5.97 Å². The lowest BCUT2D eigenvalue weighted by atomic mass is 10.1. The molecule has 0 aliphatic carbocycles. The zero-order valence-corrected chi connectivity index (χ0v) is 10.7. The molecule has 0 radical (unpaired) electrons. The van der Waals surface area contributed by atoms with Gasteiger partial charge in [0, 0.05) is 12.4 Å². The van der Waals surface area contributed by atoms with Crippen molar-refractivity contribution in [1.29, 1.82) is 0 Å². The van der Waals surface area contributed by atoms with Crippen LogP contribution in [0.1, 0.15) is 20.8 Å². The maximum atomic E-state index is 12.0. The number of nitrogens with two attached hydrogens (primary N) is 1. The Morgan fingerprint density at radius 2 is 2.16 bits per heavy atom. The van der Waals surface area contributed by atoms with Gasteiger partial charge in [-0.3, -0.25) is 4.79 Å². The van der Waals surface area contributed by atoms with E-state index in [9.17, 15) is 9.59 Å². The molecule has 0 aliphatic rings. The number of nitrogen functional groups attached to an aromatic ring is 1. The molecule has 2 rings (SSSR count). The van der Waals surface area contributed by atoms with E-state index in [-0.39, 0.29) is 22.9 Å². The van der Waals surface area contributed by atoms with E-state index in [0.29, 0.717) is 5.69 Å². The summed E-state index contributed by atoms with van der Waals surface area (Å²) in [6.07, 6.45) is 0. The molecular formula is C11H10N4O3S. The van der Waals surface area contributed by atoms with Gasteiger partial charge < -0.3 is 15.7 Å². The van der Waals surface area contributed by atoms with Crippen LogP contribution in [0.5, 0.6) is 0 Å². The predicted octanol–water partition coefficient (Wildman–Crippen LogP) is 1.10. The highest BCUT2D eigenvalue weighted by Crippen LogP contribution is 2.24. The third kappa shape index (κ3) is 2.52. The molecule has 0 saturated carbocycles. The number of hydrogen-bond acceptors (Lipinski definition) is 6. The molecule has 0 bridgehead atoms. The quantitative estimate of drug-likeness (QED) is 0.813. The van der Waals surface area contributed by atoms with Crippen molar-refractivity contribution in [3.8, 4) is 0 Å². The number of carbonyl (C=O) groups is 2. The minimum absolute atomic E-state index is 0.0671. The number of carboxylic acid groups (broad SMARTS) is 1. The largest absolute Gasteiger partial charge is 0.478 e. The van der Waals surface area contributed by atoms with Crippen molar-refractivity contribution < 1.29 is 14.7 Å². The molecule has 0 spiro atoms. The minimum Gasteiger partial charge on any atom is -0.478 e. The van der Waals surface area contributed by atoms with Gasteiger partial charge in [-0.15, -0.1) is 5.10 Å². The number of hydrogen-bond donors (Lipinski definition) is 2. The summed E-state index contributed by atoms with van der Waals surface area (Å²) in [6.45, 7) is 0. The maximum absolute atomic E-state index is 12.0. The lowest BCUT2D eigenvalue weighted by molar-refractivity contribution is 0.0697. The highest BCUT2D eigenvalue weighted by molar-refractivity contribution is 7.03. The van der Waals surface area contributed by atoms with Crippen molar-refractivity contribution in [1.82, 2.24) is 9.59 Å². The Kier molecular flexibility index (Phi) is 3.43. The summed E-state index contributed by atoms with van der Waals surface area (Å²) in [5.41, 5.74) is 6.67. The summed E-state index contributed by atoms with van der Waals surface area (Å²) in [6, 6.07) is 4.17. The first-order chi connectivity index (χ1) is 9.00. The minimum atomic E-state index is -1.07. The third-order valence-electron chi connectivity index (χ3n) is 2.52. The molecule has 0 atom stereocenters. The first-order valence-electron chi connectivity index (χ1n) is 5.18. The fraction of sp³-hybridized carbons (Fsp3) is 0.0909. The molecule has 1 heterocycles. The van der Waals surface area contributed by atoms with Crippen molar-refractivity contribution in [2.75, 3.05) is 17.7 Å². The molecule has 1 aromatic carbocycles. The monoisotopic (exact) mass is 278 g/mol. The highest BCUT2D eigenvalue weighted by Gasteiger charge is 2.18. The molecule has 2 aromatic rings. The van der Waals surface area contributed by atoms with Crippen LogP contribution in [0.15, 0.2) is 23.6 Å². The third-order valence-corrected chi connectivity index (χ3v) is 3.02. The maximum Gasteiger partial charge on any atom is 0.335 e. The zero-order valence-electron chi connectivity index (χ0n) is 9.90. The first kappa shape index (κ1) is 13.0. The number of aromatic carboxylic acids is 1. The van der Waals surface area contributed by atoms with Crippen LogP contribution in [0.2, 0.25) is 0 Å². The summed E-state index contributed by atoms with van der Waals surface area (Å²) in [5, 5.41) is 14.1. The Labute approximate surface area is 112 Å². The van der Waals surface area contributed by atoms with Crippen molar-refractivity contribution in [3.63, 3.8) is 0 Å². The van der Waals surface area contributed by atoms with Gasteiger partial charge in [0.2, 0.25) is 0 Å². The summed E-state index contributed by atoms with van der Waals surface area (Å²) < 4.78 is 3.61. The average Bonchev–Trinajstić information content (AvgIpc) is 2.90. The first-order valence-corrected chi connectivity index (χ1v) is 6.02. The molecule has 0 saturated heterocycles. The normalized spacial score (nSPS) is 10.2. The zero-order chi connectivity index (χ0) is 14.0. The van der Waals surface area contributed by atoms with Gasteiger partial charge in [0.05, 0.1) is 16.9 Å². The van der Waals surface area contributed by atoms with E-state index in [1.807, 2.05) is 0 Å². The van der Waals surface area contributed by atoms with Crippen molar-refractivity contribution in [2.45, 2.75) is 0 Å². The Hall–Kier alpha value is -2.48. The van der Waals surface area contributed by atoms with Gasteiger partial charge in [-0.25, -0.2) is 4.79 Å². The second-order valence-electron chi connectivity index (χ2n) is 3.73. The van der Waals surface area contributed by atoms with Crippen LogP contribution in [0, 0.1) is 0 Å². The molecule has 1 amide bonds. The standard InChI is InChI=1S/C11H10N4O3S/c1-15(10(16)8-5-19-14-13-8)9-3-2-6(11(17)18)4-7(9)12/h2-5H,12H2,1H3,(H,17,18). The Morgan fingerprint density at radius 3 is 2.68 bits per heavy atom. The fourth-order valence-electron chi connectivity index (χ4n) is 1.53. The van der Waals surface area contributed by atoms with E-state index in [1.54, 1.807) is 0 Å². The van der Waals surface area contributed by atoms with Crippen molar-refractivity contribution >= 4 is 34.8 Å². The SMILES string of the molecule is CN(C(=O)c1csnn1)c1ccc(C(=O)O)cc1N. The van der Waals surface area contributed by atoms with Gasteiger partial charge in [-0.05, 0) is 29.7 Å². The number of anilines is 2. The van der Waals surface area contributed by atoms with Gasteiger partial charge >= 0.3 is 5.97 Å². The summed E-state index contributed by atoms with van der Waals surface area (Å²) in [4.78, 5) is 24.1. The molecule has 8 heteroatoms. The van der Waals surface area contributed by atoms with Crippen LogP contribution in [-0.4, -0.2) is 33.6 Å². The highest BCUT2D eigenvalue weighted by atomic mass is 32.1. The molecule has 0 aliphatic heterocycles. The molecule has 3 N–H and O–H groups in total. The number of carbonyl (C=O) groups excluding carboxylic acids is 1. The van der Waals surface area contributed by atoms with Crippen molar-refractivity contribution in [3.05, 3.63) is 34.8 Å². The topological polar surface area (TPSA) is 109 Å². The number of aromatic nitrogens is 2. The van der Waals surface area contributed by atoms with Gasteiger partial charge in [0.1, 0.15) is 0 Å².